The molecule has 42 heavy (non-hydrogen) atoms. The molecule has 0 radical (unpaired) electrons. The molecule has 0 heterocycles. The van der Waals surface area contributed by atoms with Crippen LogP contribution in [-0.4, -0.2) is 37.1 Å². The number of hydrogen-bond acceptors (Lipinski definition) is 5. The van der Waals surface area contributed by atoms with Crippen molar-refractivity contribution in [3.8, 4) is 0 Å². The average molecular weight is 615 g/mol. The SMILES string of the molecule is CC1(C)C(=O)CC[C@]2(C)[C@H]3C(=O)C=C4[C@@H]5C[C@@](C)(NC(=O)NS(=O)(=O)C(F)(F)F)CC[C@]5(C)CC[C@@]4(C)[C@]3(C)CC[C@@H]12. The van der Waals surface area contributed by atoms with E-state index in [1.54, 1.807) is 6.92 Å². The second-order valence-electron chi connectivity index (χ2n) is 15.9. The van der Waals surface area contributed by atoms with Crippen LogP contribution in [0, 0.1) is 44.8 Å². The number of urea groups is 1. The monoisotopic (exact) mass is 614 g/mol. The number of nitrogens with one attached hydrogen (secondary N) is 2. The van der Waals surface area contributed by atoms with Crippen molar-refractivity contribution in [3.05, 3.63) is 11.6 Å². The number of rotatable bonds is 2. The van der Waals surface area contributed by atoms with Gasteiger partial charge in [0.15, 0.2) is 5.78 Å². The quantitative estimate of drug-likeness (QED) is 0.372. The second kappa shape index (κ2) is 9.07. The molecule has 0 aromatic carbocycles. The molecule has 2 N–H and O–H groups in total. The lowest BCUT2D eigenvalue weighted by Crippen LogP contribution is -2.66. The summed E-state index contributed by atoms with van der Waals surface area (Å²) in [5.74, 6) is 0.163. The summed E-state index contributed by atoms with van der Waals surface area (Å²) in [6, 6.07) is -1.40. The third kappa shape index (κ3) is 4.25. The predicted octanol–water partition coefficient (Wildman–Crippen LogP) is 6.44. The zero-order chi connectivity index (χ0) is 31.5. The largest absolute Gasteiger partial charge is 0.516 e. The van der Waals surface area contributed by atoms with Crippen LogP contribution in [0.3, 0.4) is 0 Å². The summed E-state index contributed by atoms with van der Waals surface area (Å²) in [6.07, 6.45) is 8.08. The van der Waals surface area contributed by atoms with Crippen LogP contribution in [0.2, 0.25) is 0 Å². The fraction of sp³-hybridized carbons (Fsp3) is 0.839. The highest BCUT2D eigenvalue weighted by atomic mass is 32.2. The highest BCUT2D eigenvalue weighted by Crippen LogP contribution is 2.74. The fourth-order valence-corrected chi connectivity index (χ4v) is 11.0. The number of carbonyl (C=O) groups excluding carboxylic acids is 3. The second-order valence-corrected chi connectivity index (χ2v) is 17.6. The van der Waals surface area contributed by atoms with Crippen molar-refractivity contribution < 1.29 is 36.0 Å². The molecule has 8 atom stereocenters. The van der Waals surface area contributed by atoms with Gasteiger partial charge < -0.3 is 5.32 Å². The highest BCUT2D eigenvalue weighted by Gasteiger charge is 2.70. The van der Waals surface area contributed by atoms with Gasteiger partial charge in [-0.2, -0.15) is 21.6 Å². The van der Waals surface area contributed by atoms with Gasteiger partial charge in [-0.3, -0.25) is 9.59 Å². The van der Waals surface area contributed by atoms with Crippen molar-refractivity contribution in [2.24, 2.45) is 44.8 Å². The van der Waals surface area contributed by atoms with Gasteiger partial charge in [-0.25, -0.2) is 9.52 Å². The lowest BCUT2D eigenvalue weighted by Gasteiger charge is -2.70. The molecule has 0 saturated heterocycles. The Labute approximate surface area is 247 Å². The van der Waals surface area contributed by atoms with E-state index in [0.29, 0.717) is 32.1 Å². The van der Waals surface area contributed by atoms with E-state index in [4.69, 9.17) is 0 Å². The van der Waals surface area contributed by atoms with Crippen LogP contribution in [0.5, 0.6) is 0 Å². The van der Waals surface area contributed by atoms with Gasteiger partial charge in [0.25, 0.3) is 0 Å². The first kappa shape index (κ1) is 31.5. The minimum atomic E-state index is -5.83. The van der Waals surface area contributed by atoms with Crippen LogP contribution in [0.25, 0.3) is 0 Å². The van der Waals surface area contributed by atoms with E-state index in [-0.39, 0.29) is 51.0 Å². The smallest absolute Gasteiger partial charge is 0.332 e. The molecule has 11 heteroatoms. The fourth-order valence-electron chi connectivity index (χ4n) is 10.6. The van der Waals surface area contributed by atoms with E-state index in [2.05, 4.69) is 33.0 Å². The minimum absolute atomic E-state index is 0.0980. The van der Waals surface area contributed by atoms with Crippen molar-refractivity contribution in [1.29, 1.82) is 0 Å². The Morgan fingerprint density at radius 1 is 0.929 bits per heavy atom. The number of Topliss-reactive ketones (excluding diaryl/α,β-unsaturated/α-hetero) is 1. The lowest BCUT2D eigenvalue weighted by molar-refractivity contribution is -0.187. The summed E-state index contributed by atoms with van der Waals surface area (Å²) >= 11 is 0. The number of fused-ring (bicyclic) bond motifs is 7. The number of allylic oxidation sites excluding steroid dienone is 2. The normalized spacial score (nSPS) is 45.0. The molecule has 5 aliphatic rings. The predicted molar refractivity (Wildman–Crippen MR) is 151 cm³/mol. The summed E-state index contributed by atoms with van der Waals surface area (Å²) in [7, 11) is -5.83. The number of ketones is 2. The van der Waals surface area contributed by atoms with Gasteiger partial charge in [-0.05, 0) is 97.9 Å². The molecule has 4 fully saturated rings. The summed E-state index contributed by atoms with van der Waals surface area (Å²) in [5, 5.41) is 2.54. The summed E-state index contributed by atoms with van der Waals surface area (Å²) in [5.41, 5.74) is -7.11. The van der Waals surface area contributed by atoms with Gasteiger partial charge in [0.1, 0.15) is 5.78 Å². The molecule has 5 rings (SSSR count). The van der Waals surface area contributed by atoms with Gasteiger partial charge in [0.05, 0.1) is 0 Å². The molecule has 0 aromatic heterocycles. The zero-order valence-electron chi connectivity index (χ0n) is 25.8. The summed E-state index contributed by atoms with van der Waals surface area (Å²) in [6.45, 7) is 14.7. The van der Waals surface area contributed by atoms with Crippen LogP contribution in [0.4, 0.5) is 18.0 Å². The van der Waals surface area contributed by atoms with Crippen LogP contribution < -0.4 is 10.0 Å². The van der Waals surface area contributed by atoms with Crippen LogP contribution in [0.1, 0.15) is 106 Å². The van der Waals surface area contributed by atoms with Gasteiger partial charge in [-0.1, -0.05) is 47.1 Å². The molecule has 0 bridgehead atoms. The molecule has 2 amide bonds. The van der Waals surface area contributed by atoms with E-state index in [1.165, 1.54) is 0 Å². The molecule has 0 aliphatic heterocycles. The zero-order valence-corrected chi connectivity index (χ0v) is 26.6. The highest BCUT2D eigenvalue weighted by molar-refractivity contribution is 7.90. The van der Waals surface area contributed by atoms with E-state index in [0.717, 1.165) is 36.0 Å². The van der Waals surface area contributed by atoms with Gasteiger partial charge in [0.2, 0.25) is 0 Å². The molecule has 5 aliphatic carbocycles. The molecule has 236 valence electrons. The maximum Gasteiger partial charge on any atom is 0.516 e. The summed E-state index contributed by atoms with van der Waals surface area (Å²) in [4.78, 5) is 39.8. The van der Waals surface area contributed by atoms with Crippen LogP contribution in [-0.2, 0) is 19.6 Å². The van der Waals surface area contributed by atoms with Gasteiger partial charge in [0, 0.05) is 23.3 Å². The Morgan fingerprint density at radius 2 is 1.55 bits per heavy atom. The first-order valence-corrected chi connectivity index (χ1v) is 16.6. The van der Waals surface area contributed by atoms with Gasteiger partial charge >= 0.3 is 21.6 Å². The number of hydrogen-bond donors (Lipinski definition) is 2. The van der Waals surface area contributed by atoms with E-state index in [1.807, 2.05) is 19.9 Å². The Morgan fingerprint density at radius 3 is 2.17 bits per heavy atom. The maximum absolute atomic E-state index is 14.3. The van der Waals surface area contributed by atoms with Crippen molar-refractivity contribution in [2.45, 2.75) is 117 Å². The summed E-state index contributed by atoms with van der Waals surface area (Å²) < 4.78 is 62.8. The number of halogens is 3. The van der Waals surface area contributed by atoms with Crippen molar-refractivity contribution >= 4 is 27.6 Å². The van der Waals surface area contributed by atoms with Crippen molar-refractivity contribution in [3.63, 3.8) is 0 Å². The first-order valence-electron chi connectivity index (χ1n) is 15.2. The Hall–Kier alpha value is -1.91. The lowest BCUT2D eigenvalue weighted by atomic mass is 9.33. The molecule has 0 spiro atoms. The minimum Gasteiger partial charge on any atom is -0.332 e. The van der Waals surface area contributed by atoms with Crippen molar-refractivity contribution in [1.82, 2.24) is 10.0 Å². The van der Waals surface area contributed by atoms with Crippen LogP contribution >= 0.6 is 0 Å². The molecular formula is C31H45F3N2O5S. The standard InChI is InChI=1S/C31H45F3N2O5S/c1-25(2)21-8-11-30(7)23(28(21,5)10-9-22(25)38)20(37)16-18-19-17-27(4,14-12-26(19,3)13-15-29(18,30)6)35-24(39)36-42(40,41)31(32,33)34/h16,19,21,23H,8-15,17H2,1-7H3,(H2,35,36,39)/t19-,21-,23+,26+,27-,28-,29+,30+/m0/s1. The van der Waals surface area contributed by atoms with E-state index < -0.39 is 32.5 Å². The number of sulfonamides is 1. The van der Waals surface area contributed by atoms with Crippen LogP contribution in [0.15, 0.2) is 11.6 Å². The van der Waals surface area contributed by atoms with E-state index in [9.17, 15) is 36.0 Å². The Bertz CT molecular complexity index is 1370. The molecule has 4 saturated carbocycles. The topological polar surface area (TPSA) is 109 Å². The number of alkyl halides is 3. The molecule has 0 aromatic rings. The third-order valence-corrected chi connectivity index (χ3v) is 14.3. The molecule has 7 nitrogen and oxygen atoms in total. The third-order valence-electron chi connectivity index (χ3n) is 13.3. The maximum atomic E-state index is 14.3. The molecule has 0 unspecified atom stereocenters. The van der Waals surface area contributed by atoms with E-state index >= 15 is 0 Å². The Balaban J connectivity index is 1.49. The first-order chi connectivity index (χ1) is 19.0. The molecular weight excluding hydrogens is 569 g/mol. The average Bonchev–Trinajstić information content (AvgIpc) is 2.83. The Kier molecular flexibility index (Phi) is 6.80. The van der Waals surface area contributed by atoms with Gasteiger partial charge in [-0.15, -0.1) is 0 Å². The number of carbonyl (C=O) groups is 3. The van der Waals surface area contributed by atoms with Crippen molar-refractivity contribution in [2.75, 3.05) is 0 Å². The number of amides is 2.